The van der Waals surface area contributed by atoms with Gasteiger partial charge in [-0.1, -0.05) is 54.1 Å². The van der Waals surface area contributed by atoms with Crippen molar-refractivity contribution in [2.45, 2.75) is 12.0 Å². The van der Waals surface area contributed by atoms with Crippen LogP contribution in [0.1, 0.15) is 23.1 Å². The molecular weight excluding hydrogens is 246 g/mol. The number of aliphatic hydroxyl groups is 1. The van der Waals surface area contributed by atoms with E-state index in [0.717, 1.165) is 11.1 Å². The number of nitriles is 1. The Labute approximate surface area is 111 Å². The molecule has 0 aliphatic heterocycles. The number of nitrogens with zero attached hydrogens (tertiary/aromatic N) is 1. The monoisotopic (exact) mass is 257 g/mol. The number of benzene rings is 2. The predicted molar refractivity (Wildman–Crippen MR) is 71.2 cm³/mol. The topological polar surface area (TPSA) is 44.0 Å². The predicted octanol–water partition coefficient (Wildman–Crippen LogP) is 3.68. The molecule has 90 valence electrons. The highest BCUT2D eigenvalue weighted by molar-refractivity contribution is 6.30. The van der Waals surface area contributed by atoms with Gasteiger partial charge in [0.1, 0.15) is 5.92 Å². The summed E-state index contributed by atoms with van der Waals surface area (Å²) in [6.45, 7) is 0. The summed E-state index contributed by atoms with van der Waals surface area (Å²) in [4.78, 5) is 0. The quantitative estimate of drug-likeness (QED) is 0.912. The Hall–Kier alpha value is -1.82. The van der Waals surface area contributed by atoms with Crippen LogP contribution in [0.25, 0.3) is 0 Å². The highest BCUT2D eigenvalue weighted by Gasteiger charge is 2.22. The molecule has 0 aliphatic rings. The molecule has 0 amide bonds. The van der Waals surface area contributed by atoms with Gasteiger partial charge in [0.2, 0.25) is 0 Å². The Kier molecular flexibility index (Phi) is 3.99. The Balaban J connectivity index is 2.30. The summed E-state index contributed by atoms with van der Waals surface area (Å²) in [6.07, 6.45) is -0.836. The molecule has 2 rings (SSSR count). The van der Waals surface area contributed by atoms with Crippen LogP contribution in [0.4, 0.5) is 0 Å². The first-order valence-corrected chi connectivity index (χ1v) is 5.98. The van der Waals surface area contributed by atoms with Crippen LogP contribution in [0.2, 0.25) is 5.02 Å². The molecule has 2 aromatic carbocycles. The van der Waals surface area contributed by atoms with E-state index < -0.39 is 12.0 Å². The summed E-state index contributed by atoms with van der Waals surface area (Å²) in [5.74, 6) is -0.593. The van der Waals surface area contributed by atoms with Crippen molar-refractivity contribution in [2.75, 3.05) is 0 Å². The van der Waals surface area contributed by atoms with E-state index in [9.17, 15) is 10.4 Å². The number of hydrogen-bond donors (Lipinski definition) is 1. The number of aliphatic hydroxyl groups excluding tert-OH is 1. The molecular formula is C15H12ClNO. The van der Waals surface area contributed by atoms with E-state index >= 15 is 0 Å². The van der Waals surface area contributed by atoms with Gasteiger partial charge in [-0.2, -0.15) is 5.26 Å². The molecule has 0 saturated carbocycles. The van der Waals surface area contributed by atoms with Gasteiger partial charge >= 0.3 is 0 Å². The van der Waals surface area contributed by atoms with Crippen molar-refractivity contribution in [1.82, 2.24) is 0 Å². The van der Waals surface area contributed by atoms with E-state index in [1.54, 1.807) is 24.3 Å². The average molecular weight is 258 g/mol. The molecule has 0 bridgehead atoms. The van der Waals surface area contributed by atoms with Crippen LogP contribution >= 0.6 is 11.6 Å². The highest BCUT2D eigenvalue weighted by atomic mass is 35.5. The molecule has 1 N–H and O–H groups in total. The van der Waals surface area contributed by atoms with Crippen molar-refractivity contribution < 1.29 is 5.11 Å². The molecule has 0 aromatic heterocycles. The Morgan fingerprint density at radius 1 is 0.944 bits per heavy atom. The standard InChI is InChI=1S/C15H12ClNO/c16-13-8-6-11(7-9-13)14(10-17)15(18)12-4-2-1-3-5-12/h1-9,14-15,18H. The van der Waals surface area contributed by atoms with Crippen molar-refractivity contribution >= 4 is 11.6 Å². The Bertz CT molecular complexity index is 545. The zero-order chi connectivity index (χ0) is 13.0. The maximum atomic E-state index is 10.2. The van der Waals surface area contributed by atoms with Gasteiger partial charge in [-0.25, -0.2) is 0 Å². The van der Waals surface area contributed by atoms with Gasteiger partial charge in [-0.3, -0.25) is 0 Å². The SMILES string of the molecule is N#CC(c1ccc(Cl)cc1)C(O)c1ccccc1. The van der Waals surface area contributed by atoms with E-state index in [0.29, 0.717) is 5.02 Å². The fourth-order valence-electron chi connectivity index (χ4n) is 1.84. The van der Waals surface area contributed by atoms with Crippen molar-refractivity contribution in [2.24, 2.45) is 0 Å². The third kappa shape index (κ3) is 2.70. The summed E-state index contributed by atoms with van der Waals surface area (Å²) in [5, 5.41) is 20.1. The summed E-state index contributed by atoms with van der Waals surface area (Å²) in [5.41, 5.74) is 1.50. The zero-order valence-electron chi connectivity index (χ0n) is 9.62. The molecule has 0 spiro atoms. The number of halogens is 1. The summed E-state index contributed by atoms with van der Waals surface area (Å²) < 4.78 is 0. The number of rotatable bonds is 3. The summed E-state index contributed by atoms with van der Waals surface area (Å²) in [6, 6.07) is 18.3. The normalized spacial score (nSPS) is 13.6. The molecule has 3 heteroatoms. The fraction of sp³-hybridized carbons (Fsp3) is 0.133. The van der Waals surface area contributed by atoms with Crippen molar-refractivity contribution in [1.29, 1.82) is 5.26 Å². The van der Waals surface area contributed by atoms with Crippen LogP contribution < -0.4 is 0 Å². The molecule has 2 unspecified atom stereocenters. The second-order valence-corrected chi connectivity index (χ2v) is 4.45. The van der Waals surface area contributed by atoms with E-state index in [4.69, 9.17) is 11.6 Å². The molecule has 0 fully saturated rings. The minimum absolute atomic E-state index is 0.593. The molecule has 0 aliphatic carbocycles. The largest absolute Gasteiger partial charge is 0.387 e. The number of hydrogen-bond acceptors (Lipinski definition) is 2. The molecule has 2 atom stereocenters. The molecule has 18 heavy (non-hydrogen) atoms. The van der Waals surface area contributed by atoms with Crippen LogP contribution in [0, 0.1) is 11.3 Å². The van der Waals surface area contributed by atoms with E-state index in [1.807, 2.05) is 30.3 Å². The third-order valence-corrected chi connectivity index (χ3v) is 3.08. The van der Waals surface area contributed by atoms with Gasteiger partial charge in [-0.05, 0) is 23.3 Å². The maximum absolute atomic E-state index is 10.2. The van der Waals surface area contributed by atoms with Crippen LogP contribution in [-0.2, 0) is 0 Å². The average Bonchev–Trinajstić information content (AvgIpc) is 2.42. The minimum atomic E-state index is -0.836. The van der Waals surface area contributed by atoms with Crippen LogP contribution in [0.3, 0.4) is 0 Å². The Morgan fingerprint density at radius 3 is 2.11 bits per heavy atom. The first-order chi connectivity index (χ1) is 8.72. The maximum Gasteiger partial charge on any atom is 0.101 e. The van der Waals surface area contributed by atoms with Crippen LogP contribution in [0.5, 0.6) is 0 Å². The lowest BCUT2D eigenvalue weighted by atomic mass is 9.90. The van der Waals surface area contributed by atoms with Crippen LogP contribution in [-0.4, -0.2) is 5.11 Å². The lowest BCUT2D eigenvalue weighted by molar-refractivity contribution is 0.164. The highest BCUT2D eigenvalue weighted by Crippen LogP contribution is 2.30. The van der Waals surface area contributed by atoms with E-state index in [2.05, 4.69) is 6.07 Å². The fourth-order valence-corrected chi connectivity index (χ4v) is 1.97. The van der Waals surface area contributed by atoms with Gasteiger partial charge < -0.3 is 5.11 Å². The molecule has 0 saturated heterocycles. The van der Waals surface area contributed by atoms with Crippen molar-refractivity contribution in [3.05, 3.63) is 70.7 Å². The summed E-state index contributed by atoms with van der Waals surface area (Å²) in [7, 11) is 0. The lowest BCUT2D eigenvalue weighted by Gasteiger charge is -2.17. The first-order valence-electron chi connectivity index (χ1n) is 5.60. The van der Waals surface area contributed by atoms with Crippen molar-refractivity contribution in [3.63, 3.8) is 0 Å². The second kappa shape index (κ2) is 5.68. The van der Waals surface area contributed by atoms with Gasteiger partial charge in [-0.15, -0.1) is 0 Å². The molecule has 0 heterocycles. The van der Waals surface area contributed by atoms with E-state index in [-0.39, 0.29) is 0 Å². The lowest BCUT2D eigenvalue weighted by Crippen LogP contribution is -2.09. The van der Waals surface area contributed by atoms with Gasteiger partial charge in [0.05, 0.1) is 12.2 Å². The van der Waals surface area contributed by atoms with Gasteiger partial charge in [0, 0.05) is 5.02 Å². The zero-order valence-corrected chi connectivity index (χ0v) is 10.4. The second-order valence-electron chi connectivity index (χ2n) is 4.01. The van der Waals surface area contributed by atoms with Gasteiger partial charge in [0.15, 0.2) is 0 Å². The van der Waals surface area contributed by atoms with E-state index in [1.165, 1.54) is 0 Å². The molecule has 2 aromatic rings. The summed E-state index contributed by atoms with van der Waals surface area (Å²) >= 11 is 5.81. The molecule has 0 radical (unpaired) electrons. The Morgan fingerprint density at radius 2 is 1.56 bits per heavy atom. The van der Waals surface area contributed by atoms with Gasteiger partial charge in [0.25, 0.3) is 0 Å². The third-order valence-electron chi connectivity index (χ3n) is 2.83. The van der Waals surface area contributed by atoms with Crippen LogP contribution in [0.15, 0.2) is 54.6 Å². The molecule has 2 nitrogen and oxygen atoms in total. The minimum Gasteiger partial charge on any atom is -0.387 e. The smallest absolute Gasteiger partial charge is 0.101 e. The first kappa shape index (κ1) is 12.6. The van der Waals surface area contributed by atoms with Crippen molar-refractivity contribution in [3.8, 4) is 6.07 Å².